The van der Waals surface area contributed by atoms with Crippen molar-refractivity contribution < 1.29 is 19.5 Å². The Morgan fingerprint density at radius 3 is 2.50 bits per heavy atom. The first-order chi connectivity index (χ1) is 12.3. The van der Waals surface area contributed by atoms with E-state index >= 15 is 0 Å². The number of benzene rings is 1. The number of aliphatic carboxylic acids is 1. The van der Waals surface area contributed by atoms with Crippen LogP contribution in [0.3, 0.4) is 0 Å². The minimum absolute atomic E-state index is 0.158. The molecular weight excluding hydrogens is 372 g/mol. The van der Waals surface area contributed by atoms with Crippen LogP contribution in [0.2, 0.25) is 0 Å². The first-order valence-electron chi connectivity index (χ1n) is 8.16. The molecule has 2 amide bonds. The lowest BCUT2D eigenvalue weighted by Gasteiger charge is -2.19. The van der Waals surface area contributed by atoms with Crippen molar-refractivity contribution in [3.63, 3.8) is 0 Å². The fourth-order valence-electron chi connectivity index (χ4n) is 2.33. The molecule has 1 aromatic carbocycles. The predicted molar refractivity (Wildman–Crippen MR) is 103 cm³/mol. The van der Waals surface area contributed by atoms with Gasteiger partial charge in [0.15, 0.2) is 0 Å². The summed E-state index contributed by atoms with van der Waals surface area (Å²) >= 11 is 6.30. The number of carboxylic acid groups (broad SMARTS) is 1. The lowest BCUT2D eigenvalue weighted by molar-refractivity contribution is -0.308. The van der Waals surface area contributed by atoms with E-state index in [4.69, 9.17) is 12.2 Å². The van der Waals surface area contributed by atoms with Crippen LogP contribution in [0.4, 0.5) is 0 Å². The van der Waals surface area contributed by atoms with E-state index in [-0.39, 0.29) is 5.91 Å². The number of carbonyl (C=O) groups is 3. The Kier molecular flexibility index (Phi) is 6.93. The summed E-state index contributed by atoms with van der Waals surface area (Å²) in [5.41, 5.74) is 1.09. The molecule has 138 valence electrons. The standard InChI is InChI=1S/C18H20N2O4S2/c1-3-4-5-13(17(23)24)19-15(21)12-8-6-11(7-9-12)10-14-16(22)20(2)18(25)26-14/h6-10,13H,3-5H2,1-2H3,(H,19,21)(H,23,24)/p-1/b14-10+/t13-/m0/s1. The van der Waals surface area contributed by atoms with Crippen molar-refractivity contribution in [1.29, 1.82) is 0 Å². The van der Waals surface area contributed by atoms with E-state index in [0.29, 0.717) is 27.6 Å². The van der Waals surface area contributed by atoms with E-state index in [2.05, 4.69) is 5.32 Å². The van der Waals surface area contributed by atoms with Gasteiger partial charge in [0.2, 0.25) is 0 Å². The van der Waals surface area contributed by atoms with Crippen molar-refractivity contribution >= 4 is 52.2 Å². The maximum Gasteiger partial charge on any atom is 0.265 e. The molecule has 26 heavy (non-hydrogen) atoms. The first kappa shape index (κ1) is 20.1. The smallest absolute Gasteiger partial charge is 0.265 e. The largest absolute Gasteiger partial charge is 0.548 e. The molecule has 1 saturated heterocycles. The molecule has 0 unspecified atom stereocenters. The molecule has 0 aromatic heterocycles. The quantitative estimate of drug-likeness (QED) is 0.560. The highest BCUT2D eigenvalue weighted by Crippen LogP contribution is 2.31. The fourth-order valence-corrected chi connectivity index (χ4v) is 3.51. The lowest BCUT2D eigenvalue weighted by Crippen LogP contribution is -2.47. The van der Waals surface area contributed by atoms with Crippen LogP contribution in [0.15, 0.2) is 29.2 Å². The van der Waals surface area contributed by atoms with E-state index in [9.17, 15) is 19.5 Å². The van der Waals surface area contributed by atoms with Crippen LogP contribution in [-0.2, 0) is 9.59 Å². The number of nitrogens with zero attached hydrogens (tertiary/aromatic N) is 1. The maximum atomic E-state index is 12.2. The van der Waals surface area contributed by atoms with Crippen LogP contribution >= 0.6 is 24.0 Å². The molecule has 2 rings (SSSR count). The summed E-state index contributed by atoms with van der Waals surface area (Å²) in [4.78, 5) is 37.3. The predicted octanol–water partition coefficient (Wildman–Crippen LogP) is 1.56. The average molecular weight is 391 g/mol. The summed E-state index contributed by atoms with van der Waals surface area (Å²) in [5, 5.41) is 13.6. The first-order valence-corrected chi connectivity index (χ1v) is 9.39. The number of nitrogens with one attached hydrogen (secondary N) is 1. The van der Waals surface area contributed by atoms with E-state index in [1.54, 1.807) is 37.4 Å². The number of amides is 2. The molecule has 0 aliphatic carbocycles. The number of rotatable bonds is 7. The number of hydrogen-bond donors (Lipinski definition) is 1. The molecule has 1 aliphatic heterocycles. The minimum Gasteiger partial charge on any atom is -0.548 e. The topological polar surface area (TPSA) is 89.5 Å². The zero-order chi connectivity index (χ0) is 19.3. The van der Waals surface area contributed by atoms with Crippen molar-refractivity contribution in [2.45, 2.75) is 32.2 Å². The summed E-state index contributed by atoms with van der Waals surface area (Å²) in [6.07, 6.45) is 3.56. The molecular formula is C18H19N2O4S2-. The average Bonchev–Trinajstić information content (AvgIpc) is 2.85. The zero-order valence-electron chi connectivity index (χ0n) is 14.5. The third-order valence-electron chi connectivity index (χ3n) is 3.89. The highest BCUT2D eigenvalue weighted by molar-refractivity contribution is 8.26. The Morgan fingerprint density at radius 1 is 1.35 bits per heavy atom. The number of thiocarbonyl (C=S) groups is 1. The second-order valence-electron chi connectivity index (χ2n) is 5.85. The Morgan fingerprint density at radius 2 is 2.00 bits per heavy atom. The van der Waals surface area contributed by atoms with Crippen molar-refractivity contribution in [3.8, 4) is 0 Å². The summed E-state index contributed by atoms with van der Waals surface area (Å²) in [6.45, 7) is 1.94. The van der Waals surface area contributed by atoms with Crippen LogP contribution in [0.25, 0.3) is 6.08 Å². The van der Waals surface area contributed by atoms with Gasteiger partial charge in [-0.2, -0.15) is 0 Å². The van der Waals surface area contributed by atoms with Crippen LogP contribution in [0, 0.1) is 0 Å². The van der Waals surface area contributed by atoms with Crippen LogP contribution in [-0.4, -0.2) is 40.1 Å². The van der Waals surface area contributed by atoms with Gasteiger partial charge in [0.25, 0.3) is 11.8 Å². The normalized spacial score (nSPS) is 16.8. The molecule has 0 saturated carbocycles. The van der Waals surface area contributed by atoms with Gasteiger partial charge in [0.1, 0.15) is 4.32 Å². The van der Waals surface area contributed by atoms with Crippen molar-refractivity contribution in [3.05, 3.63) is 40.3 Å². The Hall–Kier alpha value is -2.19. The number of carbonyl (C=O) groups excluding carboxylic acids is 3. The molecule has 8 heteroatoms. The van der Waals surface area contributed by atoms with Crippen molar-refractivity contribution in [2.24, 2.45) is 0 Å². The second-order valence-corrected chi connectivity index (χ2v) is 7.53. The molecule has 1 aromatic rings. The van der Waals surface area contributed by atoms with E-state index in [1.807, 2.05) is 6.92 Å². The number of thioether (sulfide) groups is 1. The molecule has 1 aliphatic rings. The highest BCUT2D eigenvalue weighted by atomic mass is 32.2. The van der Waals surface area contributed by atoms with Gasteiger partial charge in [-0.05, 0) is 30.2 Å². The van der Waals surface area contributed by atoms with Crippen LogP contribution in [0.1, 0.15) is 42.1 Å². The van der Waals surface area contributed by atoms with E-state index < -0.39 is 17.9 Å². The zero-order valence-corrected chi connectivity index (χ0v) is 16.1. The third kappa shape index (κ3) is 4.92. The number of carboxylic acids is 1. The third-order valence-corrected chi connectivity index (χ3v) is 5.38. The van der Waals surface area contributed by atoms with Gasteiger partial charge in [0, 0.05) is 12.6 Å². The van der Waals surface area contributed by atoms with Gasteiger partial charge >= 0.3 is 0 Å². The number of unbranched alkanes of at least 4 members (excludes halogenated alkanes) is 1. The Balaban J connectivity index is 2.07. The number of hydrogen-bond acceptors (Lipinski definition) is 6. The molecule has 1 atom stereocenters. The Bertz CT molecular complexity index is 759. The Labute approximate surface area is 161 Å². The van der Waals surface area contributed by atoms with Gasteiger partial charge in [-0.25, -0.2) is 0 Å². The SMILES string of the molecule is CCCC[C@H](NC(=O)c1ccc(/C=C2/SC(=S)N(C)C2=O)cc1)C(=O)[O-]. The monoisotopic (exact) mass is 391 g/mol. The van der Waals surface area contributed by atoms with Crippen LogP contribution in [0.5, 0.6) is 0 Å². The molecule has 1 heterocycles. The van der Waals surface area contributed by atoms with Gasteiger partial charge in [-0.15, -0.1) is 0 Å². The molecule has 0 spiro atoms. The molecule has 0 radical (unpaired) electrons. The van der Waals surface area contributed by atoms with E-state index in [0.717, 1.165) is 12.0 Å². The fraction of sp³-hybridized carbons (Fsp3) is 0.333. The number of likely N-dealkylation sites (N-methyl/N-ethyl adjacent to an activating group) is 1. The minimum atomic E-state index is -1.29. The summed E-state index contributed by atoms with van der Waals surface area (Å²) < 4.78 is 0.498. The molecule has 1 N–H and O–H groups in total. The summed E-state index contributed by atoms with van der Waals surface area (Å²) in [6, 6.07) is 5.54. The summed E-state index contributed by atoms with van der Waals surface area (Å²) in [7, 11) is 1.62. The molecule has 0 bridgehead atoms. The lowest BCUT2D eigenvalue weighted by atomic mass is 10.1. The van der Waals surface area contributed by atoms with Gasteiger partial charge < -0.3 is 15.2 Å². The summed E-state index contributed by atoms with van der Waals surface area (Å²) in [5.74, 6) is -1.92. The van der Waals surface area contributed by atoms with Crippen molar-refractivity contribution in [1.82, 2.24) is 10.2 Å². The van der Waals surface area contributed by atoms with Gasteiger partial charge in [-0.1, -0.05) is 55.9 Å². The van der Waals surface area contributed by atoms with Gasteiger partial charge in [0.05, 0.1) is 16.9 Å². The highest BCUT2D eigenvalue weighted by Gasteiger charge is 2.28. The second kappa shape index (κ2) is 8.95. The van der Waals surface area contributed by atoms with Gasteiger partial charge in [-0.3, -0.25) is 14.5 Å². The van der Waals surface area contributed by atoms with Crippen LogP contribution < -0.4 is 10.4 Å². The van der Waals surface area contributed by atoms with E-state index in [1.165, 1.54) is 16.7 Å². The molecule has 1 fully saturated rings. The molecule has 6 nitrogen and oxygen atoms in total. The maximum absolute atomic E-state index is 12.2. The van der Waals surface area contributed by atoms with Crippen molar-refractivity contribution in [2.75, 3.05) is 7.05 Å².